The van der Waals surface area contributed by atoms with E-state index in [9.17, 15) is 9.59 Å². The normalized spacial score (nSPS) is 15.5. The van der Waals surface area contributed by atoms with Crippen molar-refractivity contribution in [2.45, 2.75) is 19.3 Å². The molecule has 24 heavy (non-hydrogen) atoms. The molecule has 1 aliphatic heterocycles. The van der Waals surface area contributed by atoms with Crippen LogP contribution < -0.4 is 5.32 Å². The zero-order chi connectivity index (χ0) is 16.9. The van der Waals surface area contributed by atoms with Gasteiger partial charge in [-0.25, -0.2) is 4.79 Å². The van der Waals surface area contributed by atoms with Crippen LogP contribution in [0, 0.1) is 0 Å². The minimum Gasteiger partial charge on any atom is -0.363 e. The van der Waals surface area contributed by atoms with Crippen molar-refractivity contribution in [1.29, 1.82) is 0 Å². The van der Waals surface area contributed by atoms with Gasteiger partial charge in [-0.2, -0.15) is 0 Å². The van der Waals surface area contributed by atoms with Crippen molar-refractivity contribution in [3.05, 3.63) is 35.5 Å². The molecule has 128 valence electrons. The van der Waals surface area contributed by atoms with Crippen molar-refractivity contribution >= 4 is 34.4 Å². The topological polar surface area (TPSA) is 74.4 Å². The predicted molar refractivity (Wildman–Crippen MR) is 92.0 cm³/mol. The minimum atomic E-state index is -0.445. The molecule has 1 aromatic carbocycles. The highest BCUT2D eigenvalue weighted by atomic mass is 35.5. The molecule has 2 N–H and O–H groups in total. The van der Waals surface area contributed by atoms with Gasteiger partial charge in [0.05, 0.1) is 12.1 Å². The number of aromatic amines is 1. The third-order valence-electron chi connectivity index (χ3n) is 4.05. The number of unbranched alkanes of at least 4 members (excludes halogenated alkanes) is 1. The van der Waals surface area contributed by atoms with Gasteiger partial charge >= 0.3 is 5.97 Å². The number of hydroxylamine groups is 2. The first-order valence-corrected chi connectivity index (χ1v) is 8.61. The smallest absolute Gasteiger partial charge is 0.357 e. The first kappa shape index (κ1) is 16.8. The maximum atomic E-state index is 12.3. The molecule has 6 nitrogen and oxygen atoms in total. The van der Waals surface area contributed by atoms with Crippen LogP contribution in [0.2, 0.25) is 0 Å². The summed E-state index contributed by atoms with van der Waals surface area (Å²) >= 11 is 5.73. The number of rotatable bonds is 6. The second-order valence-corrected chi connectivity index (χ2v) is 6.19. The number of aromatic nitrogens is 1. The van der Waals surface area contributed by atoms with Crippen molar-refractivity contribution in [2.75, 3.05) is 25.5 Å². The number of nitrogens with zero attached hydrogens (tertiary/aromatic N) is 1. The van der Waals surface area contributed by atoms with Crippen molar-refractivity contribution in [1.82, 2.24) is 15.4 Å². The van der Waals surface area contributed by atoms with E-state index in [2.05, 4.69) is 10.3 Å². The van der Waals surface area contributed by atoms with Gasteiger partial charge in [-0.3, -0.25) is 4.79 Å². The minimum absolute atomic E-state index is 0.0712. The van der Waals surface area contributed by atoms with Crippen LogP contribution >= 0.6 is 11.6 Å². The Morgan fingerprint density at radius 1 is 1.33 bits per heavy atom. The van der Waals surface area contributed by atoms with E-state index in [-0.39, 0.29) is 12.5 Å². The number of hydrogen-bond donors (Lipinski definition) is 2. The Bertz CT molecular complexity index is 744. The van der Waals surface area contributed by atoms with Crippen molar-refractivity contribution < 1.29 is 14.4 Å². The Kier molecular flexibility index (Phi) is 5.37. The number of carbonyl (C=O) groups excluding carboxylic acids is 2. The number of aryl methyl sites for hydroxylation is 1. The van der Waals surface area contributed by atoms with E-state index in [0.29, 0.717) is 24.5 Å². The molecular formula is C17H20ClN3O3. The summed E-state index contributed by atoms with van der Waals surface area (Å²) in [6.07, 6.45) is 4.86. The summed E-state index contributed by atoms with van der Waals surface area (Å²) in [6, 6.07) is 5.45. The molecule has 7 heteroatoms. The molecule has 0 aliphatic carbocycles. The molecule has 0 saturated carbocycles. The van der Waals surface area contributed by atoms with Crippen LogP contribution in [0.4, 0.5) is 0 Å². The molecule has 1 aromatic heterocycles. The molecule has 2 heterocycles. The van der Waals surface area contributed by atoms with Crippen molar-refractivity contribution in [3.63, 3.8) is 0 Å². The molecule has 0 spiro atoms. The van der Waals surface area contributed by atoms with Crippen LogP contribution in [0.3, 0.4) is 0 Å². The van der Waals surface area contributed by atoms with Gasteiger partial charge < -0.3 is 15.1 Å². The molecule has 2 aromatic rings. The van der Waals surface area contributed by atoms with Gasteiger partial charge in [0.15, 0.2) is 0 Å². The zero-order valence-electron chi connectivity index (χ0n) is 13.3. The largest absolute Gasteiger partial charge is 0.363 e. The molecule has 0 atom stereocenters. The van der Waals surface area contributed by atoms with E-state index in [1.54, 1.807) is 6.07 Å². The fourth-order valence-corrected chi connectivity index (χ4v) is 2.97. The summed E-state index contributed by atoms with van der Waals surface area (Å²) in [5, 5.41) is 5.11. The SMILES string of the molecule is O=C1CN(OC(=O)c2ccc3[nH]cc(CCCCCl)c3c2)CCN1. The highest BCUT2D eigenvalue weighted by Gasteiger charge is 2.21. The van der Waals surface area contributed by atoms with Gasteiger partial charge in [0, 0.05) is 29.5 Å². The molecule has 1 amide bonds. The fourth-order valence-electron chi connectivity index (χ4n) is 2.79. The molecule has 0 radical (unpaired) electrons. The average molecular weight is 350 g/mol. The number of amides is 1. The van der Waals surface area contributed by atoms with Crippen LogP contribution in [0.25, 0.3) is 10.9 Å². The molecule has 0 unspecified atom stereocenters. The first-order chi connectivity index (χ1) is 11.7. The van der Waals surface area contributed by atoms with Crippen LogP contribution in [0.15, 0.2) is 24.4 Å². The number of piperazine rings is 1. The predicted octanol–water partition coefficient (Wildman–Crippen LogP) is 2.23. The summed E-state index contributed by atoms with van der Waals surface area (Å²) in [4.78, 5) is 32.2. The summed E-state index contributed by atoms with van der Waals surface area (Å²) < 4.78 is 0. The lowest BCUT2D eigenvalue weighted by Gasteiger charge is -2.24. The van der Waals surface area contributed by atoms with Crippen LogP contribution in [-0.2, 0) is 16.1 Å². The molecule has 3 rings (SSSR count). The molecule has 1 fully saturated rings. The van der Waals surface area contributed by atoms with E-state index in [1.165, 1.54) is 10.6 Å². The first-order valence-electron chi connectivity index (χ1n) is 8.07. The Labute approximate surface area is 145 Å². The number of nitrogens with one attached hydrogen (secondary N) is 2. The van der Waals surface area contributed by atoms with E-state index in [1.807, 2.05) is 18.3 Å². The Morgan fingerprint density at radius 3 is 3.00 bits per heavy atom. The van der Waals surface area contributed by atoms with Gasteiger partial charge in [0.25, 0.3) is 0 Å². The number of benzene rings is 1. The lowest BCUT2D eigenvalue weighted by atomic mass is 10.1. The zero-order valence-corrected chi connectivity index (χ0v) is 14.1. The van der Waals surface area contributed by atoms with Gasteiger partial charge in [-0.15, -0.1) is 16.7 Å². The van der Waals surface area contributed by atoms with Crippen molar-refractivity contribution in [3.8, 4) is 0 Å². The summed E-state index contributed by atoms with van der Waals surface area (Å²) in [5.74, 6) is 0.0693. The van der Waals surface area contributed by atoms with E-state index < -0.39 is 5.97 Å². The molecule has 1 aliphatic rings. The van der Waals surface area contributed by atoms with Gasteiger partial charge in [0.1, 0.15) is 6.54 Å². The highest BCUT2D eigenvalue weighted by Crippen LogP contribution is 2.22. The summed E-state index contributed by atoms with van der Waals surface area (Å²) in [7, 11) is 0. The maximum absolute atomic E-state index is 12.3. The Balaban J connectivity index is 1.72. The van der Waals surface area contributed by atoms with E-state index >= 15 is 0 Å². The summed E-state index contributed by atoms with van der Waals surface area (Å²) in [6.45, 7) is 1.04. The van der Waals surface area contributed by atoms with Crippen molar-refractivity contribution in [2.24, 2.45) is 0 Å². The van der Waals surface area contributed by atoms with E-state index in [0.717, 1.165) is 30.2 Å². The van der Waals surface area contributed by atoms with E-state index in [4.69, 9.17) is 16.4 Å². The molecule has 1 saturated heterocycles. The number of hydrogen-bond acceptors (Lipinski definition) is 4. The number of halogens is 1. The molecule has 0 bridgehead atoms. The lowest BCUT2D eigenvalue weighted by Crippen LogP contribution is -2.48. The molecular weight excluding hydrogens is 330 g/mol. The van der Waals surface area contributed by atoms with Gasteiger partial charge in [0.2, 0.25) is 5.91 Å². The Hall–Kier alpha value is -2.05. The summed E-state index contributed by atoms with van der Waals surface area (Å²) in [5.41, 5.74) is 2.64. The monoisotopic (exact) mass is 349 g/mol. The number of fused-ring (bicyclic) bond motifs is 1. The fraction of sp³-hybridized carbons (Fsp3) is 0.412. The number of alkyl halides is 1. The Morgan fingerprint density at radius 2 is 2.21 bits per heavy atom. The third kappa shape index (κ3) is 3.88. The number of H-pyrrole nitrogens is 1. The second kappa shape index (κ2) is 7.68. The maximum Gasteiger partial charge on any atom is 0.357 e. The average Bonchev–Trinajstić information content (AvgIpc) is 2.97. The standard InChI is InChI=1S/C17H20ClN3O3/c18-6-2-1-3-13-10-20-15-5-4-12(9-14(13)15)17(23)24-21-8-7-19-16(22)11-21/h4-5,9-10,20H,1-3,6-8,11H2,(H,19,22). The number of carbonyl (C=O) groups is 2. The van der Waals surface area contributed by atoms with Crippen LogP contribution in [0.5, 0.6) is 0 Å². The third-order valence-corrected chi connectivity index (χ3v) is 4.32. The quantitative estimate of drug-likeness (QED) is 0.619. The van der Waals surface area contributed by atoms with Gasteiger partial charge in [-0.1, -0.05) is 0 Å². The second-order valence-electron chi connectivity index (χ2n) is 5.81. The van der Waals surface area contributed by atoms with Crippen LogP contribution in [-0.4, -0.2) is 47.4 Å². The van der Waals surface area contributed by atoms with Gasteiger partial charge in [-0.05, 0) is 43.0 Å². The highest BCUT2D eigenvalue weighted by molar-refractivity contribution is 6.17. The lowest BCUT2D eigenvalue weighted by molar-refractivity contribution is -0.147. The van der Waals surface area contributed by atoms with Crippen LogP contribution in [0.1, 0.15) is 28.8 Å².